The van der Waals surface area contributed by atoms with Crippen LogP contribution in [0, 0.1) is 5.82 Å². The Bertz CT molecular complexity index is 876. The number of esters is 1. The molecule has 0 atom stereocenters. The number of benzene rings is 1. The molecule has 0 saturated heterocycles. The molecular formula is C17H14ClFN2O2. The zero-order valence-electron chi connectivity index (χ0n) is 12.4. The first-order valence-corrected chi connectivity index (χ1v) is 7.55. The summed E-state index contributed by atoms with van der Waals surface area (Å²) in [5, 5.41) is 0.500. The number of alkyl halides is 1. The number of carbonyl (C=O) groups is 1. The molecule has 1 N–H and O–H groups in total. The average molecular weight is 333 g/mol. The van der Waals surface area contributed by atoms with Crippen LogP contribution >= 0.6 is 11.6 Å². The van der Waals surface area contributed by atoms with Crippen molar-refractivity contribution in [3.8, 4) is 0 Å². The van der Waals surface area contributed by atoms with Gasteiger partial charge in [0.1, 0.15) is 5.82 Å². The van der Waals surface area contributed by atoms with Crippen LogP contribution in [-0.4, -0.2) is 23.0 Å². The zero-order valence-corrected chi connectivity index (χ0v) is 13.2. The van der Waals surface area contributed by atoms with Crippen molar-refractivity contribution in [3.63, 3.8) is 0 Å². The summed E-state index contributed by atoms with van der Waals surface area (Å²) < 4.78 is 18.4. The lowest BCUT2D eigenvalue weighted by atomic mass is 10.1. The minimum Gasteiger partial charge on any atom is -0.465 e. The molecule has 3 aromatic rings. The van der Waals surface area contributed by atoms with Crippen molar-refractivity contribution in [2.45, 2.75) is 12.3 Å². The van der Waals surface area contributed by atoms with Crippen molar-refractivity contribution in [2.75, 3.05) is 7.11 Å². The highest BCUT2D eigenvalue weighted by Gasteiger charge is 2.20. The van der Waals surface area contributed by atoms with Gasteiger partial charge in [-0.1, -0.05) is 6.07 Å². The molecule has 2 heterocycles. The average Bonchev–Trinajstić information content (AvgIpc) is 2.91. The molecule has 0 radical (unpaired) electrons. The lowest BCUT2D eigenvalue weighted by Crippen LogP contribution is -2.06. The molecule has 6 heteroatoms. The van der Waals surface area contributed by atoms with Crippen LogP contribution in [0.15, 0.2) is 36.4 Å². The molecule has 1 aromatic carbocycles. The standard InChI is InChI=1S/C17H14ClFN2O2/c1-23-17(22)16-13-7-10(19)5-6-14(13)21-15(16)8-11-3-2-4-12(9-18)20-11/h2-7,21H,8-9H2,1H3. The molecule has 0 aliphatic rings. The fourth-order valence-corrected chi connectivity index (χ4v) is 2.72. The van der Waals surface area contributed by atoms with Gasteiger partial charge in [-0.3, -0.25) is 4.98 Å². The normalized spacial score (nSPS) is 10.9. The number of hydrogen-bond donors (Lipinski definition) is 1. The molecule has 2 aromatic heterocycles. The fourth-order valence-electron chi connectivity index (χ4n) is 2.57. The molecule has 0 aliphatic carbocycles. The van der Waals surface area contributed by atoms with E-state index in [0.717, 1.165) is 11.4 Å². The number of aromatic nitrogens is 2. The minimum absolute atomic E-state index is 0.315. The third-order valence-corrected chi connectivity index (χ3v) is 3.86. The quantitative estimate of drug-likeness (QED) is 0.583. The number of rotatable bonds is 4. The van der Waals surface area contributed by atoms with Gasteiger partial charge in [-0.25, -0.2) is 9.18 Å². The number of methoxy groups -OCH3 is 1. The van der Waals surface area contributed by atoms with Gasteiger partial charge in [0.25, 0.3) is 0 Å². The summed E-state index contributed by atoms with van der Waals surface area (Å²) in [5.74, 6) is -0.601. The number of halogens is 2. The Labute approximate surface area is 137 Å². The molecule has 0 amide bonds. The Balaban J connectivity index is 2.10. The second kappa shape index (κ2) is 6.38. The summed E-state index contributed by atoms with van der Waals surface area (Å²) in [6, 6.07) is 9.81. The molecule has 0 fully saturated rings. The van der Waals surface area contributed by atoms with E-state index in [1.807, 2.05) is 18.2 Å². The lowest BCUT2D eigenvalue weighted by molar-refractivity contribution is 0.0602. The molecule has 0 unspecified atom stereocenters. The van der Waals surface area contributed by atoms with E-state index in [9.17, 15) is 9.18 Å². The molecule has 3 rings (SSSR count). The van der Waals surface area contributed by atoms with Crippen LogP contribution in [0.2, 0.25) is 0 Å². The summed E-state index contributed by atoms with van der Waals surface area (Å²) in [5.41, 5.74) is 3.17. The second-order valence-corrected chi connectivity index (χ2v) is 5.36. The highest BCUT2D eigenvalue weighted by molar-refractivity contribution is 6.16. The Kier molecular flexibility index (Phi) is 4.30. The molecule has 23 heavy (non-hydrogen) atoms. The van der Waals surface area contributed by atoms with Gasteiger partial charge in [0.15, 0.2) is 0 Å². The molecule has 118 valence electrons. The van der Waals surface area contributed by atoms with Crippen molar-refractivity contribution >= 4 is 28.5 Å². The van der Waals surface area contributed by atoms with E-state index in [1.54, 1.807) is 6.07 Å². The van der Waals surface area contributed by atoms with Crippen molar-refractivity contribution < 1.29 is 13.9 Å². The van der Waals surface area contributed by atoms with Crippen molar-refractivity contribution in [2.24, 2.45) is 0 Å². The number of fused-ring (bicyclic) bond motifs is 1. The van der Waals surface area contributed by atoms with E-state index >= 15 is 0 Å². The van der Waals surface area contributed by atoms with Crippen molar-refractivity contribution in [1.82, 2.24) is 9.97 Å². The van der Waals surface area contributed by atoms with E-state index in [0.29, 0.717) is 34.5 Å². The SMILES string of the molecule is COC(=O)c1c(Cc2cccc(CCl)n2)[nH]c2ccc(F)cc12. The number of ether oxygens (including phenoxy) is 1. The third-order valence-electron chi connectivity index (χ3n) is 3.59. The van der Waals surface area contributed by atoms with E-state index in [4.69, 9.17) is 16.3 Å². The summed E-state index contributed by atoms with van der Waals surface area (Å²) in [6.45, 7) is 0. The number of nitrogens with one attached hydrogen (secondary N) is 1. The lowest BCUT2D eigenvalue weighted by Gasteiger charge is -2.04. The van der Waals surface area contributed by atoms with Crippen LogP contribution in [-0.2, 0) is 17.0 Å². The van der Waals surface area contributed by atoms with Gasteiger partial charge < -0.3 is 9.72 Å². The maximum absolute atomic E-state index is 13.5. The first kappa shape index (κ1) is 15.5. The molecule has 4 nitrogen and oxygen atoms in total. The third kappa shape index (κ3) is 3.05. The predicted molar refractivity (Wildman–Crippen MR) is 86.2 cm³/mol. The van der Waals surface area contributed by atoms with E-state index in [2.05, 4.69) is 9.97 Å². The van der Waals surface area contributed by atoms with E-state index in [1.165, 1.54) is 19.2 Å². The van der Waals surface area contributed by atoms with Gasteiger partial charge in [-0.05, 0) is 30.3 Å². The maximum atomic E-state index is 13.5. The van der Waals surface area contributed by atoms with Crippen LogP contribution in [0.3, 0.4) is 0 Å². The van der Waals surface area contributed by atoms with Gasteiger partial charge in [-0.2, -0.15) is 0 Å². The summed E-state index contributed by atoms with van der Waals surface area (Å²) in [4.78, 5) is 19.7. The zero-order chi connectivity index (χ0) is 16.4. The van der Waals surface area contributed by atoms with E-state index < -0.39 is 11.8 Å². The fraction of sp³-hybridized carbons (Fsp3) is 0.176. The highest BCUT2D eigenvalue weighted by atomic mass is 35.5. The van der Waals surface area contributed by atoms with Crippen LogP contribution in [0.1, 0.15) is 27.4 Å². The first-order valence-electron chi connectivity index (χ1n) is 7.01. The number of aromatic amines is 1. The van der Waals surface area contributed by atoms with Crippen LogP contribution in [0.25, 0.3) is 10.9 Å². The second-order valence-electron chi connectivity index (χ2n) is 5.09. The Morgan fingerprint density at radius 2 is 2.09 bits per heavy atom. The summed E-state index contributed by atoms with van der Waals surface area (Å²) in [6.07, 6.45) is 0.394. The number of pyridine rings is 1. The number of carbonyl (C=O) groups excluding carboxylic acids is 1. The highest BCUT2D eigenvalue weighted by Crippen LogP contribution is 2.26. The summed E-state index contributed by atoms with van der Waals surface area (Å²) >= 11 is 5.80. The predicted octanol–water partition coefficient (Wildman–Crippen LogP) is 3.82. The van der Waals surface area contributed by atoms with Gasteiger partial charge in [-0.15, -0.1) is 11.6 Å². The molecular weight excluding hydrogens is 319 g/mol. The maximum Gasteiger partial charge on any atom is 0.340 e. The van der Waals surface area contributed by atoms with Crippen LogP contribution in [0.5, 0.6) is 0 Å². The van der Waals surface area contributed by atoms with E-state index in [-0.39, 0.29) is 0 Å². The number of hydrogen-bond acceptors (Lipinski definition) is 3. The van der Waals surface area contributed by atoms with Crippen molar-refractivity contribution in [1.29, 1.82) is 0 Å². The first-order chi connectivity index (χ1) is 11.1. The molecule has 0 spiro atoms. The Hall–Kier alpha value is -2.40. The van der Waals surface area contributed by atoms with Gasteiger partial charge >= 0.3 is 5.97 Å². The number of nitrogens with zero attached hydrogens (tertiary/aromatic N) is 1. The molecule has 0 aliphatic heterocycles. The molecule has 0 saturated carbocycles. The van der Waals surface area contributed by atoms with Crippen molar-refractivity contribution in [3.05, 3.63) is 64.9 Å². The number of H-pyrrole nitrogens is 1. The van der Waals surface area contributed by atoms with Gasteiger partial charge in [0, 0.05) is 28.7 Å². The van der Waals surface area contributed by atoms with Gasteiger partial charge in [0.2, 0.25) is 0 Å². The Morgan fingerprint density at radius 3 is 2.83 bits per heavy atom. The van der Waals surface area contributed by atoms with Crippen LogP contribution in [0.4, 0.5) is 4.39 Å². The largest absolute Gasteiger partial charge is 0.465 e. The van der Waals surface area contributed by atoms with Crippen LogP contribution < -0.4 is 0 Å². The summed E-state index contributed by atoms with van der Waals surface area (Å²) in [7, 11) is 1.30. The smallest absolute Gasteiger partial charge is 0.340 e. The Morgan fingerprint density at radius 1 is 1.30 bits per heavy atom. The topological polar surface area (TPSA) is 55.0 Å². The molecule has 0 bridgehead atoms. The van der Waals surface area contributed by atoms with Gasteiger partial charge in [0.05, 0.1) is 24.2 Å². The monoisotopic (exact) mass is 332 g/mol. The minimum atomic E-state index is -0.509.